The topological polar surface area (TPSA) is 65.4 Å². The molecule has 4 nitrogen and oxygen atoms in total. The van der Waals surface area contributed by atoms with Crippen molar-refractivity contribution in [3.8, 4) is 17.3 Å². The maximum atomic E-state index is 8.57. The van der Waals surface area contributed by atoms with Crippen LogP contribution >= 0.6 is 0 Å². The molecule has 0 bridgehead atoms. The summed E-state index contributed by atoms with van der Waals surface area (Å²) >= 11 is 0. The quantitative estimate of drug-likeness (QED) is 0.800. The largest absolute Gasteiger partial charge is 0.345 e. The molecule has 0 amide bonds. The van der Waals surface area contributed by atoms with E-state index in [-0.39, 0.29) is 0 Å². The summed E-state index contributed by atoms with van der Waals surface area (Å²) < 4.78 is 0. The lowest BCUT2D eigenvalue weighted by Crippen LogP contribution is -1.84. The van der Waals surface area contributed by atoms with Crippen molar-refractivity contribution in [1.29, 1.82) is 5.26 Å². The number of rotatable bonds is 2. The summed E-state index contributed by atoms with van der Waals surface area (Å²) in [7, 11) is 0. The van der Waals surface area contributed by atoms with Crippen LogP contribution in [0.2, 0.25) is 0 Å². The molecule has 0 atom stereocenters. The van der Waals surface area contributed by atoms with Gasteiger partial charge in [-0.1, -0.05) is 0 Å². The van der Waals surface area contributed by atoms with E-state index < -0.39 is 0 Å². The fraction of sp³-hybridized carbons (Fsp3) is 0.182. The van der Waals surface area contributed by atoms with Crippen LogP contribution in [0.4, 0.5) is 0 Å². The van der Waals surface area contributed by atoms with E-state index in [0.29, 0.717) is 12.2 Å². The smallest absolute Gasteiger partial charge is 0.121 e. The summed E-state index contributed by atoms with van der Waals surface area (Å²) in [5.41, 5.74) is 2.89. The van der Waals surface area contributed by atoms with Gasteiger partial charge in [0.25, 0.3) is 0 Å². The third kappa shape index (κ3) is 1.86. The minimum atomic E-state index is 0.311. The predicted octanol–water partition coefficient (Wildman–Crippen LogP) is 1.85. The average molecular weight is 198 g/mol. The number of imidazole rings is 1. The molecular weight excluding hydrogens is 188 g/mol. The number of aryl methyl sites for hydroxylation is 1. The third-order valence-corrected chi connectivity index (χ3v) is 2.13. The molecule has 15 heavy (non-hydrogen) atoms. The monoisotopic (exact) mass is 198 g/mol. The third-order valence-electron chi connectivity index (χ3n) is 2.13. The molecule has 0 saturated heterocycles. The molecule has 2 rings (SSSR count). The van der Waals surface area contributed by atoms with E-state index in [2.05, 4.69) is 21.0 Å². The lowest BCUT2D eigenvalue weighted by molar-refractivity contribution is 1.05. The van der Waals surface area contributed by atoms with Gasteiger partial charge in [0.1, 0.15) is 5.82 Å². The van der Waals surface area contributed by atoms with E-state index in [4.69, 9.17) is 5.26 Å². The summed E-state index contributed by atoms with van der Waals surface area (Å²) in [6.07, 6.45) is 3.77. The molecule has 0 aromatic carbocycles. The molecule has 4 heteroatoms. The molecule has 0 spiro atoms. The van der Waals surface area contributed by atoms with Crippen molar-refractivity contribution >= 4 is 0 Å². The average Bonchev–Trinajstić information content (AvgIpc) is 2.61. The number of nitrogens with one attached hydrogen (secondary N) is 1. The first-order valence-corrected chi connectivity index (χ1v) is 4.64. The fourth-order valence-corrected chi connectivity index (χ4v) is 1.47. The van der Waals surface area contributed by atoms with Crippen molar-refractivity contribution in [3.05, 3.63) is 36.0 Å². The number of pyridine rings is 1. The molecule has 0 unspecified atom stereocenters. The first-order chi connectivity index (χ1) is 7.31. The van der Waals surface area contributed by atoms with Gasteiger partial charge in [0.15, 0.2) is 0 Å². The Kier molecular flexibility index (Phi) is 2.46. The first kappa shape index (κ1) is 9.41. The van der Waals surface area contributed by atoms with E-state index in [1.807, 2.05) is 19.1 Å². The summed E-state index contributed by atoms with van der Waals surface area (Å²) in [4.78, 5) is 11.4. The van der Waals surface area contributed by atoms with Crippen LogP contribution in [0.15, 0.2) is 24.5 Å². The van der Waals surface area contributed by atoms with Crippen molar-refractivity contribution in [1.82, 2.24) is 15.0 Å². The van der Waals surface area contributed by atoms with E-state index >= 15 is 0 Å². The van der Waals surface area contributed by atoms with Gasteiger partial charge in [0, 0.05) is 23.7 Å². The van der Waals surface area contributed by atoms with Crippen LogP contribution in [0, 0.1) is 18.3 Å². The molecular formula is C11H10N4. The Balaban J connectivity index is 2.42. The Hall–Kier alpha value is -2.15. The Labute approximate surface area is 87.6 Å². The number of H-pyrrole nitrogens is 1. The molecule has 0 aliphatic rings. The Bertz CT molecular complexity index is 493. The number of hydrogen-bond donors (Lipinski definition) is 1. The van der Waals surface area contributed by atoms with E-state index in [1.54, 1.807) is 12.4 Å². The minimum absolute atomic E-state index is 0.311. The molecule has 74 valence electrons. The predicted molar refractivity (Wildman–Crippen MR) is 55.9 cm³/mol. The van der Waals surface area contributed by atoms with Crippen LogP contribution in [0.3, 0.4) is 0 Å². The van der Waals surface area contributed by atoms with Gasteiger partial charge < -0.3 is 4.98 Å². The standard InChI is InChI=1S/C11H10N4/c1-8-11(9-3-6-13-7-4-9)15-10(14-8)2-5-12/h3-4,6-7H,2H2,1H3,(H,14,15). The lowest BCUT2D eigenvalue weighted by Gasteiger charge is -1.95. The number of nitriles is 1. The van der Waals surface area contributed by atoms with Gasteiger partial charge in [-0.3, -0.25) is 4.98 Å². The first-order valence-electron chi connectivity index (χ1n) is 4.64. The highest BCUT2D eigenvalue weighted by atomic mass is 14.9. The van der Waals surface area contributed by atoms with Crippen LogP contribution in [-0.4, -0.2) is 15.0 Å². The zero-order valence-corrected chi connectivity index (χ0v) is 8.36. The van der Waals surface area contributed by atoms with E-state index in [0.717, 1.165) is 17.0 Å². The highest BCUT2D eigenvalue weighted by molar-refractivity contribution is 5.61. The Morgan fingerprint density at radius 3 is 2.80 bits per heavy atom. The van der Waals surface area contributed by atoms with Crippen LogP contribution in [-0.2, 0) is 6.42 Å². The lowest BCUT2D eigenvalue weighted by atomic mass is 10.2. The highest BCUT2D eigenvalue weighted by Gasteiger charge is 2.07. The molecule has 2 aromatic rings. The number of hydrogen-bond acceptors (Lipinski definition) is 3. The molecule has 0 saturated carbocycles. The fourth-order valence-electron chi connectivity index (χ4n) is 1.47. The van der Waals surface area contributed by atoms with E-state index in [1.165, 1.54) is 0 Å². The molecule has 0 fully saturated rings. The van der Waals surface area contributed by atoms with Gasteiger partial charge in [-0.2, -0.15) is 5.26 Å². The van der Waals surface area contributed by atoms with Gasteiger partial charge in [-0.25, -0.2) is 4.98 Å². The van der Waals surface area contributed by atoms with Gasteiger partial charge in [0.05, 0.1) is 18.2 Å². The van der Waals surface area contributed by atoms with Gasteiger partial charge in [-0.15, -0.1) is 0 Å². The molecule has 2 aromatic heterocycles. The van der Waals surface area contributed by atoms with Crippen molar-refractivity contribution in [3.63, 3.8) is 0 Å². The van der Waals surface area contributed by atoms with E-state index in [9.17, 15) is 0 Å². The highest BCUT2D eigenvalue weighted by Crippen LogP contribution is 2.19. The zero-order valence-electron chi connectivity index (χ0n) is 8.36. The van der Waals surface area contributed by atoms with Crippen molar-refractivity contribution < 1.29 is 0 Å². The summed E-state index contributed by atoms with van der Waals surface area (Å²) in [5.74, 6) is 0.710. The summed E-state index contributed by atoms with van der Waals surface area (Å²) in [5, 5.41) is 8.57. The van der Waals surface area contributed by atoms with Crippen molar-refractivity contribution in [2.75, 3.05) is 0 Å². The summed E-state index contributed by atoms with van der Waals surface area (Å²) in [6, 6.07) is 5.87. The molecule has 1 N–H and O–H groups in total. The van der Waals surface area contributed by atoms with Crippen molar-refractivity contribution in [2.24, 2.45) is 0 Å². The van der Waals surface area contributed by atoms with Gasteiger partial charge >= 0.3 is 0 Å². The number of aromatic nitrogens is 3. The second-order valence-corrected chi connectivity index (χ2v) is 3.23. The Morgan fingerprint density at radius 2 is 2.13 bits per heavy atom. The Morgan fingerprint density at radius 1 is 1.40 bits per heavy atom. The molecule has 0 aliphatic carbocycles. The molecule has 2 heterocycles. The number of aromatic amines is 1. The maximum absolute atomic E-state index is 8.57. The van der Waals surface area contributed by atoms with Crippen LogP contribution < -0.4 is 0 Å². The van der Waals surface area contributed by atoms with Gasteiger partial charge in [0.2, 0.25) is 0 Å². The van der Waals surface area contributed by atoms with Gasteiger partial charge in [-0.05, 0) is 19.1 Å². The van der Waals surface area contributed by atoms with Crippen LogP contribution in [0.5, 0.6) is 0 Å². The SMILES string of the molecule is Cc1[nH]c(CC#N)nc1-c1ccncc1. The number of nitrogens with zero attached hydrogens (tertiary/aromatic N) is 3. The van der Waals surface area contributed by atoms with Crippen molar-refractivity contribution in [2.45, 2.75) is 13.3 Å². The second-order valence-electron chi connectivity index (χ2n) is 3.23. The molecule has 0 radical (unpaired) electrons. The molecule has 0 aliphatic heterocycles. The minimum Gasteiger partial charge on any atom is -0.345 e. The van der Waals surface area contributed by atoms with Crippen LogP contribution in [0.1, 0.15) is 11.5 Å². The second kappa shape index (κ2) is 3.93. The maximum Gasteiger partial charge on any atom is 0.121 e. The zero-order chi connectivity index (χ0) is 10.7. The van der Waals surface area contributed by atoms with Crippen LogP contribution in [0.25, 0.3) is 11.3 Å². The summed E-state index contributed by atoms with van der Waals surface area (Å²) in [6.45, 7) is 1.95. The normalized spacial score (nSPS) is 9.87.